The second-order valence-corrected chi connectivity index (χ2v) is 8.76. The third-order valence-electron chi connectivity index (χ3n) is 4.57. The van der Waals surface area contributed by atoms with Crippen LogP contribution in [0.3, 0.4) is 0 Å². The lowest BCUT2D eigenvalue weighted by Gasteiger charge is -2.24. The van der Waals surface area contributed by atoms with Gasteiger partial charge in [-0.2, -0.15) is 22.5 Å². The molecule has 0 radical (unpaired) electrons. The molecule has 1 aliphatic rings. The van der Waals surface area contributed by atoms with Gasteiger partial charge in [-0.05, 0) is 24.8 Å². The normalized spacial score (nSPS) is 21.9. The van der Waals surface area contributed by atoms with Crippen molar-refractivity contribution >= 4 is 16.1 Å². The predicted molar refractivity (Wildman–Crippen MR) is 91.4 cm³/mol. The van der Waals surface area contributed by atoms with E-state index in [1.807, 2.05) is 26.8 Å². The fourth-order valence-electron chi connectivity index (χ4n) is 2.92. The van der Waals surface area contributed by atoms with Gasteiger partial charge in [0, 0.05) is 45.1 Å². The number of aromatic nitrogens is 2. The zero-order chi connectivity index (χ0) is 18.1. The molecule has 9 heteroatoms. The van der Waals surface area contributed by atoms with Crippen molar-refractivity contribution in [3.05, 3.63) is 18.0 Å². The van der Waals surface area contributed by atoms with E-state index in [2.05, 4.69) is 9.82 Å². The molecule has 8 nitrogen and oxygen atoms in total. The average molecular weight is 357 g/mol. The zero-order valence-corrected chi connectivity index (χ0v) is 15.7. The van der Waals surface area contributed by atoms with Gasteiger partial charge in [0.05, 0.1) is 0 Å². The second-order valence-electron chi connectivity index (χ2n) is 6.85. The first-order valence-electron chi connectivity index (χ1n) is 8.07. The molecule has 1 aliphatic heterocycles. The summed E-state index contributed by atoms with van der Waals surface area (Å²) in [5, 5.41) is 4.13. The Morgan fingerprint density at radius 3 is 2.58 bits per heavy atom. The summed E-state index contributed by atoms with van der Waals surface area (Å²) in [5.41, 5.74) is 0.924. The van der Waals surface area contributed by atoms with Crippen LogP contribution in [0.4, 0.5) is 0 Å². The molecule has 2 rings (SSSR count). The molecule has 0 aliphatic carbocycles. The summed E-state index contributed by atoms with van der Waals surface area (Å²) < 4.78 is 29.8. The number of aryl methyl sites for hydroxylation is 1. The number of carbonyl (C=O) groups excluding carboxylic acids is 1. The second kappa shape index (κ2) is 7.20. The summed E-state index contributed by atoms with van der Waals surface area (Å²) in [7, 11) is -0.544. The Morgan fingerprint density at radius 2 is 2.08 bits per heavy atom. The SMILES string of the molecule is Cc1ccnn1CC(=O)N1CC(NS(=O)(=O)N(C)C)C(C(C)C)C1. The first-order valence-corrected chi connectivity index (χ1v) is 9.51. The molecule has 1 aromatic heterocycles. The molecule has 24 heavy (non-hydrogen) atoms. The van der Waals surface area contributed by atoms with E-state index in [4.69, 9.17) is 0 Å². The molecule has 1 amide bonds. The number of hydrogen-bond acceptors (Lipinski definition) is 4. The largest absolute Gasteiger partial charge is 0.339 e. The topological polar surface area (TPSA) is 87.5 Å². The van der Waals surface area contributed by atoms with Crippen molar-refractivity contribution < 1.29 is 13.2 Å². The van der Waals surface area contributed by atoms with E-state index in [0.29, 0.717) is 13.1 Å². The molecule has 0 saturated carbocycles. The van der Waals surface area contributed by atoms with Crippen molar-refractivity contribution in [2.75, 3.05) is 27.2 Å². The van der Waals surface area contributed by atoms with Crippen LogP contribution in [0.1, 0.15) is 19.5 Å². The Bertz CT molecular complexity index is 683. The molecule has 2 atom stereocenters. The first kappa shape index (κ1) is 18.9. The number of hydrogen-bond donors (Lipinski definition) is 1. The van der Waals surface area contributed by atoms with Gasteiger partial charge in [-0.25, -0.2) is 0 Å². The summed E-state index contributed by atoms with van der Waals surface area (Å²) >= 11 is 0. The molecule has 1 fully saturated rings. The van der Waals surface area contributed by atoms with Gasteiger partial charge in [0.2, 0.25) is 5.91 Å². The number of likely N-dealkylation sites (tertiary alicyclic amines) is 1. The Morgan fingerprint density at radius 1 is 1.42 bits per heavy atom. The highest BCUT2D eigenvalue weighted by atomic mass is 32.2. The number of nitrogens with one attached hydrogen (secondary N) is 1. The molecule has 1 aromatic rings. The van der Waals surface area contributed by atoms with Crippen LogP contribution < -0.4 is 4.72 Å². The predicted octanol–water partition coefficient (Wildman–Crippen LogP) is 0.0705. The lowest BCUT2D eigenvalue weighted by atomic mass is 9.92. The molecule has 0 aromatic carbocycles. The highest BCUT2D eigenvalue weighted by Gasteiger charge is 2.39. The van der Waals surface area contributed by atoms with Gasteiger partial charge in [0.15, 0.2) is 0 Å². The summed E-state index contributed by atoms with van der Waals surface area (Å²) in [6.07, 6.45) is 1.66. The average Bonchev–Trinajstić information content (AvgIpc) is 3.05. The minimum Gasteiger partial charge on any atom is -0.339 e. The number of amides is 1. The van der Waals surface area contributed by atoms with Crippen molar-refractivity contribution in [2.24, 2.45) is 11.8 Å². The number of carbonyl (C=O) groups is 1. The van der Waals surface area contributed by atoms with Gasteiger partial charge in [-0.1, -0.05) is 13.8 Å². The van der Waals surface area contributed by atoms with E-state index in [1.54, 1.807) is 15.8 Å². The highest BCUT2D eigenvalue weighted by molar-refractivity contribution is 7.87. The van der Waals surface area contributed by atoms with Gasteiger partial charge in [-0.3, -0.25) is 9.48 Å². The van der Waals surface area contributed by atoms with Gasteiger partial charge >= 0.3 is 0 Å². The van der Waals surface area contributed by atoms with E-state index in [1.165, 1.54) is 14.1 Å². The Kier molecular flexibility index (Phi) is 5.67. The summed E-state index contributed by atoms with van der Waals surface area (Å²) in [5.74, 6) is 0.311. The zero-order valence-electron chi connectivity index (χ0n) is 14.9. The maximum Gasteiger partial charge on any atom is 0.279 e. The van der Waals surface area contributed by atoms with Crippen molar-refractivity contribution in [1.29, 1.82) is 0 Å². The van der Waals surface area contributed by atoms with Gasteiger partial charge in [-0.15, -0.1) is 0 Å². The van der Waals surface area contributed by atoms with Crippen LogP contribution in [0.2, 0.25) is 0 Å². The minimum atomic E-state index is -3.53. The van der Waals surface area contributed by atoms with Crippen LogP contribution in [0, 0.1) is 18.8 Å². The van der Waals surface area contributed by atoms with Gasteiger partial charge in [0.25, 0.3) is 10.2 Å². The molecule has 0 spiro atoms. The van der Waals surface area contributed by atoms with Gasteiger partial charge < -0.3 is 4.90 Å². The molecule has 1 N–H and O–H groups in total. The third kappa shape index (κ3) is 4.14. The Labute approximate surface area is 144 Å². The maximum absolute atomic E-state index is 12.6. The van der Waals surface area contributed by atoms with E-state index >= 15 is 0 Å². The molecule has 2 heterocycles. The highest BCUT2D eigenvalue weighted by Crippen LogP contribution is 2.25. The number of nitrogens with zero attached hydrogens (tertiary/aromatic N) is 4. The van der Waals surface area contributed by atoms with Gasteiger partial charge in [0.1, 0.15) is 6.54 Å². The van der Waals surface area contributed by atoms with Crippen molar-refractivity contribution in [1.82, 2.24) is 23.7 Å². The summed E-state index contributed by atoms with van der Waals surface area (Å²) in [6.45, 7) is 7.11. The number of rotatable bonds is 6. The lowest BCUT2D eigenvalue weighted by molar-refractivity contribution is -0.131. The van der Waals surface area contributed by atoms with Crippen LogP contribution >= 0.6 is 0 Å². The molecule has 2 unspecified atom stereocenters. The summed E-state index contributed by atoms with van der Waals surface area (Å²) in [4.78, 5) is 14.3. The molecule has 1 saturated heterocycles. The Hall–Kier alpha value is -1.45. The lowest BCUT2D eigenvalue weighted by Crippen LogP contribution is -2.47. The van der Waals surface area contributed by atoms with Crippen LogP contribution in [0.15, 0.2) is 12.3 Å². The molecule has 0 bridgehead atoms. The Balaban J connectivity index is 2.09. The van der Waals surface area contributed by atoms with Crippen LogP contribution in [-0.2, 0) is 21.5 Å². The monoisotopic (exact) mass is 357 g/mol. The quantitative estimate of drug-likeness (QED) is 0.780. The van der Waals surface area contributed by atoms with E-state index < -0.39 is 10.2 Å². The van der Waals surface area contributed by atoms with Crippen molar-refractivity contribution in [2.45, 2.75) is 33.4 Å². The smallest absolute Gasteiger partial charge is 0.279 e. The molecule has 136 valence electrons. The van der Waals surface area contributed by atoms with Crippen LogP contribution in [0.25, 0.3) is 0 Å². The molecular formula is C15H27N5O3S. The fraction of sp³-hybridized carbons (Fsp3) is 0.733. The van der Waals surface area contributed by atoms with Crippen LogP contribution in [-0.4, -0.2) is 66.5 Å². The van der Waals surface area contributed by atoms with Crippen molar-refractivity contribution in [3.63, 3.8) is 0 Å². The van der Waals surface area contributed by atoms with E-state index in [-0.39, 0.29) is 30.3 Å². The van der Waals surface area contributed by atoms with E-state index in [0.717, 1.165) is 10.00 Å². The molecular weight excluding hydrogens is 330 g/mol. The van der Waals surface area contributed by atoms with E-state index in [9.17, 15) is 13.2 Å². The van der Waals surface area contributed by atoms with Crippen LogP contribution in [0.5, 0.6) is 0 Å². The summed E-state index contributed by atoms with van der Waals surface area (Å²) in [6, 6.07) is 1.57. The first-order chi connectivity index (χ1) is 11.1. The fourth-order valence-corrected chi connectivity index (χ4v) is 3.76. The maximum atomic E-state index is 12.6. The van der Waals surface area contributed by atoms with Crippen molar-refractivity contribution in [3.8, 4) is 0 Å². The minimum absolute atomic E-state index is 0.0426. The third-order valence-corrected chi connectivity index (χ3v) is 6.13. The standard InChI is InChI=1S/C15H27N5O3S/c1-11(2)13-8-19(9-14(13)17-24(22,23)18(4)5)15(21)10-20-12(3)6-7-16-20/h6-7,11,13-14,17H,8-10H2,1-5H3.